The van der Waals surface area contributed by atoms with Crippen LogP contribution in [0.2, 0.25) is 0 Å². The summed E-state index contributed by atoms with van der Waals surface area (Å²) in [6, 6.07) is 0. The minimum absolute atomic E-state index is 0.0159. The normalized spacial score (nSPS) is 33.1. The summed E-state index contributed by atoms with van der Waals surface area (Å²) < 4.78 is 0. The van der Waals surface area contributed by atoms with Crippen molar-refractivity contribution in [1.29, 1.82) is 0 Å². The number of nitrogens with zero attached hydrogens (tertiary/aromatic N) is 1. The molecular weight excluding hydrogens is 180 g/mol. The highest BCUT2D eigenvalue weighted by Gasteiger charge is 2.51. The van der Waals surface area contributed by atoms with E-state index in [9.17, 15) is 9.90 Å². The highest BCUT2D eigenvalue weighted by molar-refractivity contribution is 5.89. The molecule has 0 aromatic rings. The van der Waals surface area contributed by atoms with Crippen LogP contribution in [-0.2, 0) is 4.79 Å². The Kier molecular flexibility index (Phi) is 1.92. The fraction of sp³-hybridized carbons (Fsp3) is 0.900. The van der Waals surface area contributed by atoms with Gasteiger partial charge in [-0.25, -0.2) is 0 Å². The molecule has 3 N–H and O–H groups in total. The Morgan fingerprint density at radius 1 is 1.50 bits per heavy atom. The van der Waals surface area contributed by atoms with Crippen LogP contribution in [0.3, 0.4) is 0 Å². The third kappa shape index (κ3) is 1.42. The van der Waals surface area contributed by atoms with Crippen LogP contribution < -0.4 is 5.73 Å². The summed E-state index contributed by atoms with van der Waals surface area (Å²) in [7, 11) is 0. The van der Waals surface area contributed by atoms with Crippen LogP contribution >= 0.6 is 0 Å². The van der Waals surface area contributed by atoms with Crippen LogP contribution in [0.1, 0.15) is 26.7 Å². The summed E-state index contributed by atoms with van der Waals surface area (Å²) in [4.78, 5) is 13.6. The number of amides is 1. The first kappa shape index (κ1) is 9.93. The van der Waals surface area contributed by atoms with Crippen molar-refractivity contribution in [3.05, 3.63) is 0 Å². The number of carbonyl (C=O) groups is 1. The first-order valence-corrected chi connectivity index (χ1v) is 5.11. The van der Waals surface area contributed by atoms with Crippen molar-refractivity contribution >= 4 is 5.91 Å². The Labute approximate surface area is 84.1 Å². The van der Waals surface area contributed by atoms with E-state index in [1.807, 2.05) is 13.8 Å². The number of likely N-dealkylation sites (tertiary alicyclic amines) is 1. The topological polar surface area (TPSA) is 66.6 Å². The molecule has 1 unspecified atom stereocenters. The summed E-state index contributed by atoms with van der Waals surface area (Å²) in [6.07, 6.45) is 1.16. The summed E-state index contributed by atoms with van der Waals surface area (Å²) in [5.41, 5.74) is 5.04. The molecule has 0 aromatic heterocycles. The molecule has 2 rings (SSSR count). The van der Waals surface area contributed by atoms with Crippen LogP contribution in [-0.4, -0.2) is 40.6 Å². The van der Waals surface area contributed by atoms with Gasteiger partial charge in [-0.3, -0.25) is 4.79 Å². The van der Waals surface area contributed by atoms with Gasteiger partial charge in [-0.1, -0.05) is 13.8 Å². The molecule has 1 saturated heterocycles. The van der Waals surface area contributed by atoms with Crippen LogP contribution in [0.4, 0.5) is 0 Å². The number of nitrogens with two attached hydrogens (primary N) is 1. The van der Waals surface area contributed by atoms with Gasteiger partial charge in [0.05, 0.1) is 11.6 Å². The molecular formula is C10H18N2O2. The van der Waals surface area contributed by atoms with E-state index in [2.05, 4.69) is 0 Å². The van der Waals surface area contributed by atoms with Crippen molar-refractivity contribution in [3.63, 3.8) is 0 Å². The molecule has 1 aliphatic heterocycles. The monoisotopic (exact) mass is 198 g/mol. The lowest BCUT2D eigenvalue weighted by atomic mass is 9.90. The van der Waals surface area contributed by atoms with Crippen LogP contribution in [0.5, 0.6) is 0 Å². The molecule has 80 valence electrons. The average molecular weight is 198 g/mol. The second kappa shape index (κ2) is 2.70. The van der Waals surface area contributed by atoms with Crippen molar-refractivity contribution in [2.24, 2.45) is 11.1 Å². The summed E-state index contributed by atoms with van der Waals surface area (Å²) in [6.45, 7) is 5.00. The van der Waals surface area contributed by atoms with Crippen molar-refractivity contribution < 1.29 is 9.90 Å². The summed E-state index contributed by atoms with van der Waals surface area (Å²) in [5, 5.41) is 9.73. The van der Waals surface area contributed by atoms with Gasteiger partial charge in [0.1, 0.15) is 0 Å². The lowest BCUT2D eigenvalue weighted by molar-refractivity contribution is -0.133. The van der Waals surface area contributed by atoms with Crippen molar-refractivity contribution in [2.45, 2.75) is 38.3 Å². The smallest absolute Gasteiger partial charge is 0.242 e. The Bertz CT molecular complexity index is 271. The van der Waals surface area contributed by atoms with Gasteiger partial charge >= 0.3 is 0 Å². The van der Waals surface area contributed by atoms with Crippen molar-refractivity contribution in [3.8, 4) is 0 Å². The maximum atomic E-state index is 11.9. The van der Waals surface area contributed by atoms with Crippen LogP contribution in [0, 0.1) is 5.41 Å². The third-order valence-corrected chi connectivity index (χ3v) is 3.40. The van der Waals surface area contributed by atoms with E-state index in [0.717, 1.165) is 12.8 Å². The molecule has 0 bridgehead atoms. The highest BCUT2D eigenvalue weighted by atomic mass is 16.3. The molecule has 1 amide bonds. The number of hydrogen-bond acceptors (Lipinski definition) is 3. The molecule has 1 saturated carbocycles. The molecule has 1 atom stereocenters. The zero-order valence-corrected chi connectivity index (χ0v) is 8.79. The second-order valence-electron chi connectivity index (χ2n) is 5.35. The average Bonchev–Trinajstić information content (AvgIpc) is 2.75. The minimum Gasteiger partial charge on any atom is -0.391 e. The first-order valence-electron chi connectivity index (χ1n) is 5.11. The van der Waals surface area contributed by atoms with Gasteiger partial charge in [0.25, 0.3) is 0 Å². The first-order chi connectivity index (χ1) is 6.35. The van der Waals surface area contributed by atoms with Gasteiger partial charge in [0.2, 0.25) is 5.91 Å². The van der Waals surface area contributed by atoms with Crippen molar-refractivity contribution in [1.82, 2.24) is 4.90 Å². The Balaban J connectivity index is 2.05. The Morgan fingerprint density at radius 3 is 2.43 bits per heavy atom. The largest absolute Gasteiger partial charge is 0.391 e. The van der Waals surface area contributed by atoms with E-state index in [0.29, 0.717) is 13.1 Å². The quantitative estimate of drug-likeness (QED) is 0.608. The number of aliphatic hydroxyl groups is 1. The minimum atomic E-state index is -0.597. The van der Waals surface area contributed by atoms with E-state index < -0.39 is 11.6 Å². The van der Waals surface area contributed by atoms with E-state index in [1.165, 1.54) is 0 Å². The molecule has 1 aliphatic carbocycles. The zero-order valence-electron chi connectivity index (χ0n) is 8.79. The SMILES string of the molecule is CC1(C)CN(C(=O)C2(N)CC2)CC1O. The third-order valence-electron chi connectivity index (χ3n) is 3.40. The predicted octanol–water partition coefficient (Wildman–Crippen LogP) is -0.293. The molecule has 2 fully saturated rings. The molecule has 14 heavy (non-hydrogen) atoms. The van der Waals surface area contributed by atoms with Crippen molar-refractivity contribution in [2.75, 3.05) is 13.1 Å². The summed E-state index contributed by atoms with van der Waals surface area (Å²) >= 11 is 0. The molecule has 4 nitrogen and oxygen atoms in total. The molecule has 0 spiro atoms. The number of aliphatic hydroxyl groups excluding tert-OH is 1. The fourth-order valence-corrected chi connectivity index (χ4v) is 1.94. The van der Waals surface area contributed by atoms with E-state index in [-0.39, 0.29) is 11.3 Å². The lowest BCUT2D eigenvalue weighted by Crippen LogP contribution is -2.45. The van der Waals surface area contributed by atoms with Crippen LogP contribution in [0.15, 0.2) is 0 Å². The van der Waals surface area contributed by atoms with Gasteiger partial charge < -0.3 is 15.7 Å². The van der Waals surface area contributed by atoms with E-state index >= 15 is 0 Å². The number of carbonyl (C=O) groups excluding carboxylic acids is 1. The fourth-order valence-electron chi connectivity index (χ4n) is 1.94. The maximum absolute atomic E-state index is 11.9. The molecule has 1 heterocycles. The molecule has 0 radical (unpaired) electrons. The molecule has 2 aliphatic rings. The van der Waals surface area contributed by atoms with Gasteiger partial charge in [-0.15, -0.1) is 0 Å². The maximum Gasteiger partial charge on any atom is 0.242 e. The van der Waals surface area contributed by atoms with Gasteiger partial charge in [0, 0.05) is 18.5 Å². The highest BCUT2D eigenvalue weighted by Crippen LogP contribution is 2.37. The second-order valence-corrected chi connectivity index (χ2v) is 5.35. The van der Waals surface area contributed by atoms with E-state index in [4.69, 9.17) is 5.73 Å². The number of rotatable bonds is 1. The van der Waals surface area contributed by atoms with Crippen LogP contribution in [0.25, 0.3) is 0 Å². The standard InChI is InChI=1S/C10H18N2O2/c1-9(2)6-12(5-7(9)13)8(14)10(11)3-4-10/h7,13H,3-6,11H2,1-2H3. The van der Waals surface area contributed by atoms with Gasteiger partial charge in [0.15, 0.2) is 0 Å². The Morgan fingerprint density at radius 2 is 2.07 bits per heavy atom. The zero-order chi connectivity index (χ0) is 10.6. The van der Waals surface area contributed by atoms with Gasteiger partial charge in [-0.2, -0.15) is 0 Å². The van der Waals surface area contributed by atoms with E-state index in [1.54, 1.807) is 4.90 Å². The molecule has 4 heteroatoms. The number of hydrogen-bond donors (Lipinski definition) is 2. The molecule has 0 aromatic carbocycles. The Hall–Kier alpha value is -0.610. The lowest BCUT2D eigenvalue weighted by Gasteiger charge is -2.22. The summed E-state index contributed by atoms with van der Waals surface area (Å²) in [5.74, 6) is 0.0159. The predicted molar refractivity (Wildman–Crippen MR) is 52.5 cm³/mol. The number of β-amino-alcohol motifs (C(OH)–C–C–N with tert-alkyl or cyclic N) is 1. The van der Waals surface area contributed by atoms with Gasteiger partial charge in [-0.05, 0) is 12.8 Å².